The number of carbonyl (C=O) groups excluding carboxylic acids is 7. The zero-order chi connectivity index (χ0) is 92.6. The number of phenols is 1. The molecule has 8 heterocycles. The van der Waals surface area contributed by atoms with Crippen molar-refractivity contribution in [1.29, 1.82) is 0 Å². The second-order valence-electron chi connectivity index (χ2n) is 31.0. The maximum atomic E-state index is 13.4. The van der Waals surface area contributed by atoms with Crippen LogP contribution in [0.1, 0.15) is 108 Å². The van der Waals surface area contributed by atoms with Crippen molar-refractivity contribution in [3.8, 4) is 46.0 Å². The first-order chi connectivity index (χ1) is 62.9. The van der Waals surface area contributed by atoms with Gasteiger partial charge < -0.3 is 87.9 Å². The SMILES string of the molecule is COC(=O)[C@@H]1Cc2ccccc2CN1.COC(=O)[C@@H]1Cc2ccccc2CN1C(=O)c1cc(OC)c(OC)cc1[N+](=O)[O-].COc1cc(C(=O)N2Cc3ccccc3C[C@H]2C=O)c([N+](=O)[O-])cc1OC.COc1cc2c(cc1O)N=C[C@@H]1Cc3ccccc3CN1C2=O.COc1cc2c(cc1OC)C(=O)N1Cc3ccccc3C[C@H]1C=N2.Cl.O=C(O)[C@@H]1Cc2ccccc2CN1. The molecule has 131 heavy (non-hydrogen) atoms. The molecule has 0 aromatic heterocycles. The third-order valence-corrected chi connectivity index (χ3v) is 23.6. The summed E-state index contributed by atoms with van der Waals surface area (Å²) in [6.07, 6.45) is 7.84. The highest BCUT2D eigenvalue weighted by Gasteiger charge is 2.41. The van der Waals surface area contributed by atoms with Crippen LogP contribution in [-0.4, -0.2) is 200 Å². The first kappa shape index (κ1) is 95.0. The van der Waals surface area contributed by atoms with Crippen LogP contribution < -0.4 is 43.8 Å². The van der Waals surface area contributed by atoms with Gasteiger partial charge in [-0.25, -0.2) is 4.79 Å². The first-order valence-electron chi connectivity index (χ1n) is 41.4. The molecule has 4 amide bonds. The number of methoxy groups -OCH3 is 9. The van der Waals surface area contributed by atoms with Gasteiger partial charge in [-0.1, -0.05) is 146 Å². The van der Waals surface area contributed by atoms with Gasteiger partial charge in [0.2, 0.25) is 0 Å². The van der Waals surface area contributed by atoms with Crippen molar-refractivity contribution in [1.82, 2.24) is 30.2 Å². The summed E-state index contributed by atoms with van der Waals surface area (Å²) in [5, 5.41) is 47.9. The van der Waals surface area contributed by atoms with Crippen molar-refractivity contribution in [2.75, 3.05) is 64.0 Å². The molecular formula is C97H97ClN10O23. The number of aldehydes is 1. The average molecular weight is 1810 g/mol. The molecule has 0 fully saturated rings. The van der Waals surface area contributed by atoms with Gasteiger partial charge in [0.25, 0.3) is 35.0 Å². The third-order valence-electron chi connectivity index (χ3n) is 23.6. The number of rotatable bonds is 15. The number of nitro groups is 2. The second kappa shape index (κ2) is 43.1. The van der Waals surface area contributed by atoms with E-state index < -0.39 is 63.1 Å². The second-order valence-corrected chi connectivity index (χ2v) is 31.0. The monoisotopic (exact) mass is 1800 g/mol. The van der Waals surface area contributed by atoms with Crippen LogP contribution in [0, 0.1) is 20.2 Å². The molecule has 33 nitrogen and oxygen atoms in total. The number of aromatic hydroxyl groups is 1. The molecule has 34 heteroatoms. The van der Waals surface area contributed by atoms with Gasteiger partial charge in [-0.2, -0.15) is 0 Å². The van der Waals surface area contributed by atoms with E-state index in [1.807, 2.05) is 125 Å². The highest BCUT2D eigenvalue weighted by atomic mass is 35.5. The van der Waals surface area contributed by atoms with E-state index in [0.29, 0.717) is 72.8 Å². The Morgan fingerprint density at radius 2 is 0.748 bits per heavy atom. The Morgan fingerprint density at radius 1 is 0.412 bits per heavy atom. The average Bonchev–Trinajstić information content (AvgIpc) is 0.905. The van der Waals surface area contributed by atoms with E-state index in [9.17, 15) is 63.7 Å². The smallest absolute Gasteiger partial charge is 0.328 e. The van der Waals surface area contributed by atoms with Gasteiger partial charge in [-0.05, 0) is 105 Å². The Morgan fingerprint density at radius 3 is 1.16 bits per heavy atom. The van der Waals surface area contributed by atoms with Crippen LogP contribution in [0.25, 0.3) is 0 Å². The van der Waals surface area contributed by atoms with Crippen LogP contribution in [0.5, 0.6) is 46.0 Å². The number of hydrogen-bond acceptors (Lipinski definition) is 26. The number of nitrogens with one attached hydrogen (secondary N) is 2. The summed E-state index contributed by atoms with van der Waals surface area (Å²) < 4.78 is 45.9. The highest BCUT2D eigenvalue weighted by Crippen LogP contribution is 2.43. The van der Waals surface area contributed by atoms with Crippen molar-refractivity contribution in [3.63, 3.8) is 0 Å². The number of benzene rings is 10. The summed E-state index contributed by atoms with van der Waals surface area (Å²) in [5.41, 5.74) is 14.4. The highest BCUT2D eigenvalue weighted by molar-refractivity contribution is 6.05. The van der Waals surface area contributed by atoms with Crippen molar-refractivity contribution >= 4 is 95.4 Å². The Hall–Kier alpha value is -15.1. The maximum Gasteiger partial charge on any atom is 0.328 e. The largest absolute Gasteiger partial charge is 0.504 e. The van der Waals surface area contributed by atoms with Gasteiger partial charge in [-0.3, -0.25) is 59.0 Å². The van der Waals surface area contributed by atoms with Crippen molar-refractivity contribution in [2.24, 2.45) is 9.98 Å². The van der Waals surface area contributed by atoms with Crippen LogP contribution >= 0.6 is 12.4 Å². The van der Waals surface area contributed by atoms with Crippen molar-refractivity contribution < 1.29 is 101 Å². The molecule has 8 aliphatic heterocycles. The lowest BCUT2D eigenvalue weighted by Gasteiger charge is -2.35. The van der Waals surface area contributed by atoms with E-state index in [1.54, 1.807) is 38.6 Å². The van der Waals surface area contributed by atoms with Crippen LogP contribution in [0.15, 0.2) is 204 Å². The Bertz CT molecular complexity index is 6070. The van der Waals surface area contributed by atoms with Crippen LogP contribution in [-0.2, 0) is 106 Å². The summed E-state index contributed by atoms with van der Waals surface area (Å²) in [4.78, 5) is 136. The number of amides is 4. The fourth-order valence-electron chi connectivity index (χ4n) is 16.6. The van der Waals surface area contributed by atoms with E-state index in [1.165, 1.54) is 117 Å². The Balaban J connectivity index is 0.000000144. The van der Waals surface area contributed by atoms with Crippen LogP contribution in [0.4, 0.5) is 22.7 Å². The van der Waals surface area contributed by atoms with Crippen molar-refractivity contribution in [2.45, 2.75) is 114 Å². The van der Waals surface area contributed by atoms with E-state index in [0.717, 1.165) is 65.8 Å². The molecule has 0 unspecified atom stereocenters. The topological polar surface area (TPSA) is 408 Å². The lowest BCUT2D eigenvalue weighted by molar-refractivity contribution is -0.385. The normalized spacial score (nSPS) is 17.4. The zero-order valence-electron chi connectivity index (χ0n) is 73.1. The summed E-state index contributed by atoms with van der Waals surface area (Å²) in [6, 6.07) is 56.5. The minimum atomic E-state index is -0.893. The van der Waals surface area contributed by atoms with Gasteiger partial charge in [0.15, 0.2) is 46.0 Å². The number of phenolic OH excluding ortho intramolecular Hbond substituents is 1. The molecule has 8 aliphatic rings. The Kier molecular flexibility index (Phi) is 31.3. The van der Waals surface area contributed by atoms with Gasteiger partial charge in [-0.15, -0.1) is 12.4 Å². The van der Waals surface area contributed by atoms with Crippen LogP contribution in [0.2, 0.25) is 0 Å². The number of ether oxygens (including phenoxy) is 9. The summed E-state index contributed by atoms with van der Waals surface area (Å²) >= 11 is 0. The first-order valence-corrected chi connectivity index (χ1v) is 41.4. The number of carboxylic acids is 1. The summed E-state index contributed by atoms with van der Waals surface area (Å²) in [5.74, 6) is -0.886. The molecule has 10 aromatic rings. The predicted octanol–water partition coefficient (Wildman–Crippen LogP) is 12.5. The number of aliphatic imine (C=N–C) groups is 2. The number of hydrogen-bond donors (Lipinski definition) is 4. The third kappa shape index (κ3) is 21.2. The molecule has 0 spiro atoms. The summed E-state index contributed by atoms with van der Waals surface area (Å²) in [6.45, 7) is 2.89. The van der Waals surface area contributed by atoms with Gasteiger partial charge in [0, 0.05) is 88.8 Å². The quantitative estimate of drug-likeness (QED) is 0.0320. The molecule has 0 bridgehead atoms. The predicted molar refractivity (Wildman–Crippen MR) is 485 cm³/mol. The van der Waals surface area contributed by atoms with E-state index in [2.05, 4.69) is 57.0 Å². The van der Waals surface area contributed by atoms with Gasteiger partial charge >= 0.3 is 17.9 Å². The lowest BCUT2D eigenvalue weighted by Crippen LogP contribution is -2.49. The fraction of sp³-hybridized carbons (Fsp3) is 0.278. The zero-order valence-corrected chi connectivity index (χ0v) is 73.9. The number of nitrogens with zero attached hydrogens (tertiary/aromatic N) is 8. The Labute approximate surface area is 760 Å². The maximum absolute atomic E-state index is 13.4. The number of fused-ring (bicyclic) bond motifs is 10. The number of esters is 2. The molecule has 0 radical (unpaired) electrons. The molecule has 0 saturated carbocycles. The van der Waals surface area contributed by atoms with Crippen LogP contribution in [0.3, 0.4) is 0 Å². The molecule has 0 saturated heterocycles. The molecule has 680 valence electrons. The molecule has 6 atom stereocenters. The van der Waals surface area contributed by atoms with E-state index in [-0.39, 0.29) is 113 Å². The van der Waals surface area contributed by atoms with Gasteiger partial charge in [0.1, 0.15) is 35.5 Å². The minimum Gasteiger partial charge on any atom is -0.504 e. The fourth-order valence-corrected chi connectivity index (χ4v) is 16.6. The lowest BCUT2D eigenvalue weighted by atomic mass is 9.93. The number of halogens is 1. The molecular weight excluding hydrogens is 1710 g/mol. The van der Waals surface area contributed by atoms with Crippen molar-refractivity contribution in [3.05, 3.63) is 303 Å². The van der Waals surface area contributed by atoms with E-state index in [4.69, 9.17) is 47.7 Å². The molecule has 18 rings (SSSR count). The standard InChI is InChI=1S/C20H20N2O7.C19H18N2O6.C19H18N2O3.C18H16N2O3.C11H13NO2.C10H11NO2.ClH/c1-27-17-9-14(15(22(25)26)10-18(17)28-2)19(23)21-11-13-7-5-4-6-12(13)8-16(21)20(24)29-3;1-26-17-8-15(16(21(24)25)9-18(17)27-2)19(23)20-10-13-6-4-3-5-12(13)7-14(20)11-22;1-23-17-8-15-16(9-18(17)24-2)20-10-14-7-12-5-3-4-6-13(12)11-21(14)19(15)22;1-23-17-7-14-15(8-16(17)21)19-9-13-6-11-4-2-3-5-12(11)10-20(13)18(14)22;1-14-11(13)10-6-8-4-2-3-5-9(8)7-12-10;12-10(13)9-5-7-3-1-2-4-8(7)6-11-9;/h4-7,9-10,16H,8,11H2,1-3H3;3-6,8-9,11,14H,7,10H2,1-2H3;3-6,8-10,14H,7,11H2,1-2H3;2-5,7-9,13,21H,6,10H2,1H3;2-5,10,12H,6-7H2,1H3;1-4,9,11H,5-6H2,(H,12,13);1H/t16-;2*14-;13-;10-;9-;/m000000./s1. The number of nitro benzene ring substituents is 2. The number of carboxylic acid groups (broad SMARTS) is 1. The van der Waals surface area contributed by atoms with E-state index >= 15 is 0 Å². The molecule has 4 N–H and O–H groups in total. The minimum absolute atomic E-state index is 0. The molecule has 0 aliphatic carbocycles. The molecule has 10 aromatic carbocycles. The number of aliphatic carboxylic acids is 1. The van der Waals surface area contributed by atoms with Gasteiger partial charge in [0.05, 0.1) is 127 Å². The summed E-state index contributed by atoms with van der Waals surface area (Å²) in [7, 11) is 12.7. The number of carbonyl (C=O) groups is 8.